The smallest absolute Gasteiger partial charge is 0.289 e. The van der Waals surface area contributed by atoms with Crippen LogP contribution in [0.1, 0.15) is 31.3 Å². The van der Waals surface area contributed by atoms with Crippen molar-refractivity contribution in [3.05, 3.63) is 24.2 Å². The molecular weight excluding hydrogens is 306 g/mol. The quantitative estimate of drug-likeness (QED) is 0.488. The van der Waals surface area contributed by atoms with Crippen molar-refractivity contribution in [3.8, 4) is 0 Å². The molecule has 0 radical (unpaired) electrons. The zero-order chi connectivity index (χ0) is 17.6. The van der Waals surface area contributed by atoms with Crippen molar-refractivity contribution in [1.82, 2.24) is 20.4 Å². The van der Waals surface area contributed by atoms with Crippen LogP contribution < -0.4 is 10.6 Å². The summed E-state index contributed by atoms with van der Waals surface area (Å²) in [6.45, 7) is 11.0. The van der Waals surface area contributed by atoms with Gasteiger partial charge >= 0.3 is 0 Å². The number of nitrogens with one attached hydrogen (secondary N) is 2. The molecule has 1 saturated heterocycles. The number of nitrogens with zero attached hydrogens (tertiary/aromatic N) is 3. The second kappa shape index (κ2) is 8.19. The third-order valence-electron chi connectivity index (χ3n) is 3.87. The molecular formula is C17H29N5O2. The predicted molar refractivity (Wildman–Crippen MR) is 95.3 cm³/mol. The minimum atomic E-state index is -0.0445. The summed E-state index contributed by atoms with van der Waals surface area (Å²) >= 11 is 0. The van der Waals surface area contributed by atoms with E-state index < -0.39 is 0 Å². The number of piperazine rings is 1. The summed E-state index contributed by atoms with van der Waals surface area (Å²) in [6, 6.07) is 3.44. The topological polar surface area (TPSA) is 73.1 Å². The monoisotopic (exact) mass is 335 g/mol. The number of amides is 1. The molecule has 0 atom stereocenters. The molecule has 0 spiro atoms. The number of hydrogen-bond acceptors (Lipinski definition) is 4. The molecule has 2 heterocycles. The van der Waals surface area contributed by atoms with Gasteiger partial charge < -0.3 is 24.9 Å². The summed E-state index contributed by atoms with van der Waals surface area (Å²) in [4.78, 5) is 20.6. The van der Waals surface area contributed by atoms with Crippen LogP contribution in [0.25, 0.3) is 0 Å². The SMILES string of the molecule is CN=C(NCCNC(C)(C)C)N1CCN(C(=O)c2ccco2)CC1. The summed E-state index contributed by atoms with van der Waals surface area (Å²) in [5.74, 6) is 1.24. The van der Waals surface area contributed by atoms with Crippen LogP contribution in [-0.2, 0) is 0 Å². The Balaban J connectivity index is 1.76. The summed E-state index contributed by atoms with van der Waals surface area (Å²) in [6.07, 6.45) is 1.53. The largest absolute Gasteiger partial charge is 0.459 e. The Labute approximate surface area is 144 Å². The van der Waals surface area contributed by atoms with E-state index in [1.165, 1.54) is 6.26 Å². The molecule has 0 unspecified atom stereocenters. The minimum Gasteiger partial charge on any atom is -0.459 e. The van der Waals surface area contributed by atoms with Gasteiger partial charge in [0.2, 0.25) is 0 Å². The molecule has 0 bridgehead atoms. The number of carbonyl (C=O) groups excluding carboxylic acids is 1. The predicted octanol–water partition coefficient (Wildman–Crippen LogP) is 1.00. The molecule has 1 aliphatic rings. The zero-order valence-electron chi connectivity index (χ0n) is 15.1. The van der Waals surface area contributed by atoms with Gasteiger partial charge in [-0.25, -0.2) is 0 Å². The molecule has 0 aliphatic carbocycles. The number of carbonyl (C=O) groups is 1. The van der Waals surface area contributed by atoms with Crippen LogP contribution >= 0.6 is 0 Å². The highest BCUT2D eigenvalue weighted by atomic mass is 16.3. The number of aliphatic imine (C=N–C) groups is 1. The van der Waals surface area contributed by atoms with Crippen molar-refractivity contribution in [3.63, 3.8) is 0 Å². The average molecular weight is 335 g/mol. The Morgan fingerprint density at radius 1 is 1.21 bits per heavy atom. The first-order valence-corrected chi connectivity index (χ1v) is 8.44. The van der Waals surface area contributed by atoms with Crippen LogP contribution in [0.2, 0.25) is 0 Å². The molecule has 1 aliphatic heterocycles. The molecule has 1 amide bonds. The van der Waals surface area contributed by atoms with E-state index in [1.807, 2.05) is 4.90 Å². The fourth-order valence-corrected chi connectivity index (χ4v) is 2.62. The van der Waals surface area contributed by atoms with E-state index in [2.05, 4.69) is 41.3 Å². The van der Waals surface area contributed by atoms with Gasteiger partial charge in [0, 0.05) is 51.9 Å². The van der Waals surface area contributed by atoms with Crippen LogP contribution in [0, 0.1) is 0 Å². The van der Waals surface area contributed by atoms with Gasteiger partial charge in [-0.15, -0.1) is 0 Å². The molecule has 1 fully saturated rings. The van der Waals surface area contributed by atoms with Gasteiger partial charge in [-0.1, -0.05) is 0 Å². The van der Waals surface area contributed by atoms with E-state index >= 15 is 0 Å². The fourth-order valence-electron chi connectivity index (χ4n) is 2.62. The van der Waals surface area contributed by atoms with E-state index in [0.29, 0.717) is 18.8 Å². The lowest BCUT2D eigenvalue weighted by atomic mass is 10.1. The first-order chi connectivity index (χ1) is 11.4. The molecule has 24 heavy (non-hydrogen) atoms. The van der Waals surface area contributed by atoms with Gasteiger partial charge in [-0.2, -0.15) is 0 Å². The highest BCUT2D eigenvalue weighted by Gasteiger charge is 2.25. The zero-order valence-corrected chi connectivity index (χ0v) is 15.1. The van der Waals surface area contributed by atoms with Gasteiger partial charge in [0.05, 0.1) is 6.26 Å². The third kappa shape index (κ3) is 5.26. The molecule has 134 valence electrons. The Morgan fingerprint density at radius 2 is 1.88 bits per heavy atom. The van der Waals surface area contributed by atoms with Gasteiger partial charge in [0.15, 0.2) is 11.7 Å². The Hall–Kier alpha value is -2.02. The van der Waals surface area contributed by atoms with Crippen molar-refractivity contribution in [2.24, 2.45) is 4.99 Å². The number of furan rings is 1. The van der Waals surface area contributed by atoms with E-state index in [9.17, 15) is 4.79 Å². The van der Waals surface area contributed by atoms with Crippen LogP contribution in [0.3, 0.4) is 0 Å². The molecule has 1 aromatic rings. The summed E-state index contributed by atoms with van der Waals surface area (Å²) < 4.78 is 5.19. The Bertz CT molecular complexity index is 540. The Morgan fingerprint density at radius 3 is 2.42 bits per heavy atom. The molecule has 7 nitrogen and oxygen atoms in total. The van der Waals surface area contributed by atoms with E-state index in [1.54, 1.807) is 19.2 Å². The number of guanidine groups is 1. The highest BCUT2D eigenvalue weighted by Crippen LogP contribution is 2.09. The molecule has 2 rings (SSSR count). The first kappa shape index (κ1) is 18.3. The normalized spacial score (nSPS) is 16.4. The second-order valence-electron chi connectivity index (χ2n) is 6.91. The summed E-state index contributed by atoms with van der Waals surface area (Å²) in [7, 11) is 1.79. The van der Waals surface area contributed by atoms with Crippen molar-refractivity contribution in [1.29, 1.82) is 0 Å². The highest BCUT2D eigenvalue weighted by molar-refractivity contribution is 5.91. The average Bonchev–Trinajstić information content (AvgIpc) is 3.08. The van der Waals surface area contributed by atoms with Crippen LogP contribution in [0.4, 0.5) is 0 Å². The van der Waals surface area contributed by atoms with Crippen molar-refractivity contribution >= 4 is 11.9 Å². The third-order valence-corrected chi connectivity index (χ3v) is 3.87. The lowest BCUT2D eigenvalue weighted by Crippen LogP contribution is -2.54. The fraction of sp³-hybridized carbons (Fsp3) is 0.647. The van der Waals surface area contributed by atoms with Gasteiger partial charge in [-0.3, -0.25) is 9.79 Å². The molecule has 7 heteroatoms. The summed E-state index contributed by atoms with van der Waals surface area (Å²) in [5, 5.41) is 6.82. The van der Waals surface area contributed by atoms with Gasteiger partial charge in [-0.05, 0) is 32.9 Å². The second-order valence-corrected chi connectivity index (χ2v) is 6.91. The summed E-state index contributed by atoms with van der Waals surface area (Å²) in [5.41, 5.74) is 0.114. The maximum Gasteiger partial charge on any atom is 0.289 e. The van der Waals surface area contributed by atoms with Crippen molar-refractivity contribution in [2.75, 3.05) is 46.3 Å². The van der Waals surface area contributed by atoms with Crippen LogP contribution in [-0.4, -0.2) is 73.5 Å². The van der Waals surface area contributed by atoms with Crippen molar-refractivity contribution in [2.45, 2.75) is 26.3 Å². The molecule has 0 aromatic carbocycles. The van der Waals surface area contributed by atoms with Crippen LogP contribution in [0.5, 0.6) is 0 Å². The molecule has 2 N–H and O–H groups in total. The maximum absolute atomic E-state index is 12.3. The van der Waals surface area contributed by atoms with Gasteiger partial charge in [0.1, 0.15) is 0 Å². The van der Waals surface area contributed by atoms with E-state index in [0.717, 1.165) is 32.1 Å². The molecule has 0 saturated carbocycles. The maximum atomic E-state index is 12.3. The standard InChI is InChI=1S/C17H29N5O2/c1-17(2,3)20-8-7-19-16(18-4)22-11-9-21(10-12-22)15(23)14-6-5-13-24-14/h5-6,13,20H,7-12H2,1-4H3,(H,18,19). The molecule has 1 aromatic heterocycles. The van der Waals surface area contributed by atoms with E-state index in [4.69, 9.17) is 4.42 Å². The first-order valence-electron chi connectivity index (χ1n) is 8.44. The lowest BCUT2D eigenvalue weighted by molar-refractivity contribution is 0.0658. The van der Waals surface area contributed by atoms with E-state index in [-0.39, 0.29) is 11.4 Å². The lowest BCUT2D eigenvalue weighted by Gasteiger charge is -2.36. The van der Waals surface area contributed by atoms with Crippen molar-refractivity contribution < 1.29 is 9.21 Å². The van der Waals surface area contributed by atoms with Crippen LogP contribution in [0.15, 0.2) is 27.8 Å². The Kier molecular flexibility index (Phi) is 6.25. The van der Waals surface area contributed by atoms with Gasteiger partial charge in [0.25, 0.3) is 5.91 Å². The number of rotatable bonds is 4. The minimum absolute atomic E-state index is 0.0445. The number of hydrogen-bond donors (Lipinski definition) is 2.